The van der Waals surface area contributed by atoms with Crippen LogP contribution in [-0.2, 0) is 5.60 Å². The lowest BCUT2D eigenvalue weighted by Gasteiger charge is -2.19. The first kappa shape index (κ1) is 10.3. The Kier molecular flexibility index (Phi) is 2.78. The molecule has 0 bridgehead atoms. The summed E-state index contributed by atoms with van der Waals surface area (Å²) in [4.78, 5) is 3.88. The number of aromatic nitrogens is 1. The molecule has 1 aromatic rings. The molecule has 0 radical (unpaired) electrons. The molecule has 0 aliphatic heterocycles. The minimum absolute atomic E-state index is 0.352. The van der Waals surface area contributed by atoms with Crippen molar-refractivity contribution >= 4 is 11.6 Å². The van der Waals surface area contributed by atoms with E-state index in [9.17, 15) is 5.11 Å². The lowest BCUT2D eigenvalue weighted by Crippen LogP contribution is -2.17. The molecule has 4 heteroatoms. The Labute approximate surface area is 82.3 Å². The standard InChI is InChI=1S/C9H12ClNO2/c1-9(2,12)6-5-11-8(10)4-7(6)13-3/h4-5,12H,1-3H3. The second kappa shape index (κ2) is 3.52. The van der Waals surface area contributed by atoms with Gasteiger partial charge >= 0.3 is 0 Å². The molecule has 0 atom stereocenters. The van der Waals surface area contributed by atoms with Crippen LogP contribution >= 0.6 is 11.6 Å². The smallest absolute Gasteiger partial charge is 0.132 e. The van der Waals surface area contributed by atoms with Gasteiger partial charge in [0.25, 0.3) is 0 Å². The molecule has 0 amide bonds. The molecule has 0 unspecified atom stereocenters. The van der Waals surface area contributed by atoms with Crippen molar-refractivity contribution < 1.29 is 9.84 Å². The maximum atomic E-state index is 9.73. The summed E-state index contributed by atoms with van der Waals surface area (Å²) in [6.07, 6.45) is 1.52. The van der Waals surface area contributed by atoms with E-state index in [-0.39, 0.29) is 0 Å². The van der Waals surface area contributed by atoms with E-state index in [1.807, 2.05) is 0 Å². The van der Waals surface area contributed by atoms with Gasteiger partial charge in [-0.25, -0.2) is 4.98 Å². The molecule has 1 N–H and O–H groups in total. The van der Waals surface area contributed by atoms with Crippen molar-refractivity contribution in [1.82, 2.24) is 4.98 Å². The van der Waals surface area contributed by atoms with Crippen molar-refractivity contribution in [2.45, 2.75) is 19.4 Å². The topological polar surface area (TPSA) is 42.4 Å². The van der Waals surface area contributed by atoms with Crippen LogP contribution < -0.4 is 4.74 Å². The molecule has 72 valence electrons. The molecule has 0 saturated heterocycles. The highest BCUT2D eigenvalue weighted by atomic mass is 35.5. The van der Waals surface area contributed by atoms with Crippen LogP contribution in [0.15, 0.2) is 12.3 Å². The van der Waals surface area contributed by atoms with Crippen LogP contribution in [-0.4, -0.2) is 17.2 Å². The molecule has 13 heavy (non-hydrogen) atoms. The first-order valence-corrected chi connectivity index (χ1v) is 4.25. The summed E-state index contributed by atoms with van der Waals surface area (Å²) in [7, 11) is 1.53. The quantitative estimate of drug-likeness (QED) is 0.744. The van der Waals surface area contributed by atoms with Crippen molar-refractivity contribution in [3.05, 3.63) is 23.0 Å². The van der Waals surface area contributed by atoms with Gasteiger partial charge in [-0.2, -0.15) is 0 Å². The van der Waals surface area contributed by atoms with Crippen LogP contribution in [0.3, 0.4) is 0 Å². The zero-order chi connectivity index (χ0) is 10.1. The summed E-state index contributed by atoms with van der Waals surface area (Å²) in [5.41, 5.74) is -0.345. The molecule has 3 nitrogen and oxygen atoms in total. The van der Waals surface area contributed by atoms with Gasteiger partial charge in [0.2, 0.25) is 0 Å². The van der Waals surface area contributed by atoms with Crippen LogP contribution in [0.2, 0.25) is 5.15 Å². The predicted molar refractivity (Wildman–Crippen MR) is 51.0 cm³/mol. The van der Waals surface area contributed by atoms with Gasteiger partial charge in [-0.1, -0.05) is 11.6 Å². The Bertz CT molecular complexity index is 307. The SMILES string of the molecule is COc1cc(Cl)ncc1C(C)(C)O. The molecule has 0 aromatic carbocycles. The minimum Gasteiger partial charge on any atom is -0.496 e. The Morgan fingerprint density at radius 2 is 2.15 bits per heavy atom. The monoisotopic (exact) mass is 201 g/mol. The highest BCUT2D eigenvalue weighted by Crippen LogP contribution is 2.30. The second-order valence-electron chi connectivity index (χ2n) is 3.27. The van der Waals surface area contributed by atoms with E-state index in [1.54, 1.807) is 19.9 Å². The fourth-order valence-corrected chi connectivity index (χ4v) is 1.19. The normalized spacial score (nSPS) is 11.5. The number of hydrogen-bond donors (Lipinski definition) is 1. The van der Waals surface area contributed by atoms with Crippen LogP contribution in [0.1, 0.15) is 19.4 Å². The van der Waals surface area contributed by atoms with Gasteiger partial charge in [-0.3, -0.25) is 0 Å². The molecule has 0 aliphatic rings. The van der Waals surface area contributed by atoms with Crippen molar-refractivity contribution in [1.29, 1.82) is 0 Å². The summed E-state index contributed by atoms with van der Waals surface area (Å²) in [5, 5.41) is 10.1. The number of nitrogens with zero attached hydrogens (tertiary/aromatic N) is 1. The van der Waals surface area contributed by atoms with Crippen molar-refractivity contribution in [3.63, 3.8) is 0 Å². The number of rotatable bonds is 2. The van der Waals surface area contributed by atoms with Crippen molar-refractivity contribution in [2.24, 2.45) is 0 Å². The van der Waals surface area contributed by atoms with Gasteiger partial charge in [-0.05, 0) is 13.8 Å². The zero-order valence-corrected chi connectivity index (χ0v) is 8.59. The van der Waals surface area contributed by atoms with Crippen molar-refractivity contribution in [2.75, 3.05) is 7.11 Å². The summed E-state index contributed by atoms with van der Waals surface area (Å²) in [5.74, 6) is 0.549. The lowest BCUT2D eigenvalue weighted by molar-refractivity contribution is 0.0752. The lowest BCUT2D eigenvalue weighted by atomic mass is 10.00. The number of pyridine rings is 1. The van der Waals surface area contributed by atoms with Crippen LogP contribution in [0.4, 0.5) is 0 Å². The first-order valence-electron chi connectivity index (χ1n) is 3.87. The molecule has 0 fully saturated rings. The summed E-state index contributed by atoms with van der Waals surface area (Å²) < 4.78 is 5.07. The number of aliphatic hydroxyl groups is 1. The minimum atomic E-state index is -0.969. The maximum Gasteiger partial charge on any atom is 0.132 e. The average Bonchev–Trinajstić information content (AvgIpc) is 2.01. The molecule has 0 spiro atoms. The van der Waals surface area contributed by atoms with E-state index >= 15 is 0 Å². The number of ether oxygens (including phenoxy) is 1. The van der Waals surface area contributed by atoms with Gasteiger partial charge in [0.15, 0.2) is 0 Å². The summed E-state index contributed by atoms with van der Waals surface area (Å²) in [6, 6.07) is 1.58. The summed E-state index contributed by atoms with van der Waals surface area (Å²) in [6.45, 7) is 3.33. The van der Waals surface area contributed by atoms with Crippen LogP contribution in [0.5, 0.6) is 5.75 Å². The van der Waals surface area contributed by atoms with E-state index in [1.165, 1.54) is 13.3 Å². The third-order valence-electron chi connectivity index (χ3n) is 1.71. The van der Waals surface area contributed by atoms with E-state index in [2.05, 4.69) is 4.98 Å². The van der Waals surface area contributed by atoms with E-state index < -0.39 is 5.60 Å². The van der Waals surface area contributed by atoms with Gasteiger partial charge in [0.1, 0.15) is 10.9 Å². The number of methoxy groups -OCH3 is 1. The molecule has 0 saturated carbocycles. The van der Waals surface area contributed by atoms with Gasteiger partial charge < -0.3 is 9.84 Å². The average molecular weight is 202 g/mol. The largest absolute Gasteiger partial charge is 0.496 e. The predicted octanol–water partition coefficient (Wildman–Crippen LogP) is 1.97. The molecular weight excluding hydrogens is 190 g/mol. The Morgan fingerprint density at radius 1 is 1.54 bits per heavy atom. The molecule has 1 heterocycles. The van der Waals surface area contributed by atoms with E-state index in [4.69, 9.17) is 16.3 Å². The van der Waals surface area contributed by atoms with E-state index in [0.29, 0.717) is 16.5 Å². The zero-order valence-electron chi connectivity index (χ0n) is 7.84. The molecule has 0 aliphatic carbocycles. The number of halogens is 1. The Hall–Kier alpha value is -0.800. The Morgan fingerprint density at radius 3 is 2.62 bits per heavy atom. The van der Waals surface area contributed by atoms with E-state index in [0.717, 1.165) is 0 Å². The molecule has 1 rings (SSSR count). The third kappa shape index (κ3) is 2.32. The third-order valence-corrected chi connectivity index (χ3v) is 1.92. The van der Waals surface area contributed by atoms with Crippen LogP contribution in [0.25, 0.3) is 0 Å². The fraction of sp³-hybridized carbons (Fsp3) is 0.444. The molecular formula is C9H12ClNO2. The first-order chi connectivity index (χ1) is 5.95. The van der Waals surface area contributed by atoms with Gasteiger partial charge in [-0.15, -0.1) is 0 Å². The Balaban J connectivity index is 3.22. The molecule has 1 aromatic heterocycles. The van der Waals surface area contributed by atoms with Crippen molar-refractivity contribution in [3.8, 4) is 5.75 Å². The highest BCUT2D eigenvalue weighted by Gasteiger charge is 2.21. The fourth-order valence-electron chi connectivity index (χ4n) is 1.04. The van der Waals surface area contributed by atoms with Crippen LogP contribution in [0, 0.1) is 0 Å². The maximum absolute atomic E-state index is 9.73. The van der Waals surface area contributed by atoms with Gasteiger partial charge in [0.05, 0.1) is 12.7 Å². The second-order valence-corrected chi connectivity index (χ2v) is 3.65. The highest BCUT2D eigenvalue weighted by molar-refractivity contribution is 6.29. The summed E-state index contributed by atoms with van der Waals surface area (Å²) >= 11 is 5.67. The van der Waals surface area contributed by atoms with Gasteiger partial charge in [0, 0.05) is 17.8 Å². The number of hydrogen-bond acceptors (Lipinski definition) is 3.